The van der Waals surface area contributed by atoms with Crippen LogP contribution >= 0.6 is 0 Å². The summed E-state index contributed by atoms with van der Waals surface area (Å²) in [5.74, 6) is -1.61. The molecule has 2 unspecified atom stereocenters. The number of aliphatic carboxylic acids is 1. The van der Waals surface area contributed by atoms with Crippen LogP contribution in [-0.2, 0) is 4.79 Å². The molecular formula is C12H15N3O4. The number of rotatable bonds is 3. The second-order valence-corrected chi connectivity index (χ2v) is 4.68. The molecule has 0 radical (unpaired) electrons. The van der Waals surface area contributed by atoms with Crippen LogP contribution < -0.4 is 10.9 Å². The predicted octanol–water partition coefficient (Wildman–Crippen LogP) is 0.143. The Morgan fingerprint density at radius 2 is 2.16 bits per heavy atom. The standard InChI is InChI=1S/C12H15N3O4/c16-10-5-4-9(14-15-10)11(17)13-8-3-1-2-7(6-8)12(18)19/h4-5,7-8H,1-3,6H2,(H,13,17)(H,15,16)(H,18,19). The number of carboxylic acid groups (broad SMARTS) is 1. The van der Waals surface area contributed by atoms with Gasteiger partial charge < -0.3 is 10.4 Å². The summed E-state index contributed by atoms with van der Waals surface area (Å²) in [6.07, 6.45) is 2.63. The van der Waals surface area contributed by atoms with Gasteiger partial charge in [-0.15, -0.1) is 0 Å². The Kier molecular flexibility index (Phi) is 3.94. The molecule has 0 aliphatic heterocycles. The highest BCUT2D eigenvalue weighted by Gasteiger charge is 2.28. The molecule has 0 bridgehead atoms. The van der Waals surface area contributed by atoms with Gasteiger partial charge in [-0.3, -0.25) is 14.4 Å². The van der Waals surface area contributed by atoms with Gasteiger partial charge >= 0.3 is 5.97 Å². The summed E-state index contributed by atoms with van der Waals surface area (Å²) in [4.78, 5) is 33.6. The van der Waals surface area contributed by atoms with Crippen LogP contribution in [0.4, 0.5) is 0 Å². The molecule has 0 spiro atoms. The fourth-order valence-corrected chi connectivity index (χ4v) is 2.28. The molecule has 19 heavy (non-hydrogen) atoms. The summed E-state index contributed by atoms with van der Waals surface area (Å²) in [6.45, 7) is 0. The zero-order valence-corrected chi connectivity index (χ0v) is 10.3. The molecule has 1 aliphatic carbocycles. The van der Waals surface area contributed by atoms with Gasteiger partial charge in [0.2, 0.25) is 0 Å². The van der Waals surface area contributed by atoms with Crippen molar-refractivity contribution in [1.29, 1.82) is 0 Å². The van der Waals surface area contributed by atoms with Crippen LogP contribution in [0, 0.1) is 5.92 Å². The van der Waals surface area contributed by atoms with E-state index in [0.717, 1.165) is 12.8 Å². The number of hydrogen-bond acceptors (Lipinski definition) is 4. The molecule has 102 valence electrons. The number of aromatic amines is 1. The first kappa shape index (κ1) is 13.3. The molecule has 1 fully saturated rings. The number of H-pyrrole nitrogens is 1. The molecule has 1 saturated carbocycles. The quantitative estimate of drug-likeness (QED) is 0.719. The fraction of sp³-hybridized carbons (Fsp3) is 0.500. The van der Waals surface area contributed by atoms with Crippen LogP contribution in [0.5, 0.6) is 0 Å². The van der Waals surface area contributed by atoms with Crippen LogP contribution in [0.3, 0.4) is 0 Å². The minimum absolute atomic E-state index is 0.122. The number of carbonyl (C=O) groups is 2. The number of hydrogen-bond donors (Lipinski definition) is 3. The molecular weight excluding hydrogens is 250 g/mol. The number of amides is 1. The lowest BCUT2D eigenvalue weighted by molar-refractivity contribution is -0.143. The monoisotopic (exact) mass is 265 g/mol. The summed E-state index contributed by atoms with van der Waals surface area (Å²) in [5, 5.41) is 17.5. The normalized spacial score (nSPS) is 22.7. The average Bonchev–Trinajstić information content (AvgIpc) is 2.39. The smallest absolute Gasteiger partial charge is 0.306 e. The average molecular weight is 265 g/mol. The third-order valence-corrected chi connectivity index (χ3v) is 3.27. The molecule has 1 amide bonds. The number of carboxylic acids is 1. The molecule has 2 rings (SSSR count). The highest BCUT2D eigenvalue weighted by molar-refractivity contribution is 5.92. The van der Waals surface area contributed by atoms with Gasteiger partial charge in [0.25, 0.3) is 11.5 Å². The van der Waals surface area contributed by atoms with E-state index in [1.807, 2.05) is 0 Å². The third kappa shape index (κ3) is 3.40. The summed E-state index contributed by atoms with van der Waals surface area (Å²) in [5.41, 5.74) is -0.253. The first-order valence-electron chi connectivity index (χ1n) is 6.15. The summed E-state index contributed by atoms with van der Waals surface area (Å²) >= 11 is 0. The molecule has 7 heteroatoms. The molecule has 0 aromatic carbocycles. The van der Waals surface area contributed by atoms with Crippen molar-refractivity contribution in [3.8, 4) is 0 Å². The lowest BCUT2D eigenvalue weighted by Crippen LogP contribution is -2.40. The molecule has 0 saturated heterocycles. The molecule has 7 nitrogen and oxygen atoms in total. The third-order valence-electron chi connectivity index (χ3n) is 3.27. The maximum Gasteiger partial charge on any atom is 0.306 e. The Morgan fingerprint density at radius 1 is 1.37 bits per heavy atom. The van der Waals surface area contributed by atoms with E-state index >= 15 is 0 Å². The van der Waals surface area contributed by atoms with E-state index in [1.165, 1.54) is 12.1 Å². The second-order valence-electron chi connectivity index (χ2n) is 4.68. The molecule has 3 N–H and O–H groups in total. The van der Waals surface area contributed by atoms with Crippen molar-refractivity contribution in [2.45, 2.75) is 31.7 Å². The molecule has 1 heterocycles. The first-order valence-corrected chi connectivity index (χ1v) is 6.15. The van der Waals surface area contributed by atoms with Crippen LogP contribution in [-0.4, -0.2) is 33.2 Å². The van der Waals surface area contributed by atoms with Crippen molar-refractivity contribution in [3.63, 3.8) is 0 Å². The molecule has 2 atom stereocenters. The Morgan fingerprint density at radius 3 is 2.79 bits per heavy atom. The van der Waals surface area contributed by atoms with E-state index in [4.69, 9.17) is 5.11 Å². The van der Waals surface area contributed by atoms with Gasteiger partial charge in [0, 0.05) is 12.1 Å². The SMILES string of the molecule is O=C(NC1CCCC(C(=O)O)C1)c1ccc(=O)[nH]n1. The van der Waals surface area contributed by atoms with E-state index in [1.54, 1.807) is 0 Å². The molecule has 1 aromatic heterocycles. The zero-order valence-electron chi connectivity index (χ0n) is 10.3. The molecule has 1 aliphatic rings. The lowest BCUT2D eigenvalue weighted by Gasteiger charge is -2.27. The van der Waals surface area contributed by atoms with Crippen molar-refractivity contribution in [2.24, 2.45) is 5.92 Å². The van der Waals surface area contributed by atoms with Crippen LogP contribution in [0.25, 0.3) is 0 Å². The Balaban J connectivity index is 1.97. The summed E-state index contributed by atoms with van der Waals surface area (Å²) in [7, 11) is 0. The van der Waals surface area contributed by atoms with Crippen molar-refractivity contribution in [3.05, 3.63) is 28.2 Å². The van der Waals surface area contributed by atoms with Gasteiger partial charge in [0.05, 0.1) is 5.92 Å². The van der Waals surface area contributed by atoms with Crippen molar-refractivity contribution in [2.75, 3.05) is 0 Å². The highest BCUT2D eigenvalue weighted by Crippen LogP contribution is 2.24. The predicted molar refractivity (Wildman–Crippen MR) is 65.7 cm³/mol. The van der Waals surface area contributed by atoms with Gasteiger partial charge in [0.1, 0.15) is 5.69 Å². The van der Waals surface area contributed by atoms with Gasteiger partial charge in [-0.1, -0.05) is 6.42 Å². The van der Waals surface area contributed by atoms with Crippen molar-refractivity contribution < 1.29 is 14.7 Å². The van der Waals surface area contributed by atoms with E-state index in [9.17, 15) is 14.4 Å². The van der Waals surface area contributed by atoms with Crippen LogP contribution in [0.2, 0.25) is 0 Å². The van der Waals surface area contributed by atoms with Gasteiger partial charge in [-0.25, -0.2) is 5.10 Å². The summed E-state index contributed by atoms with van der Waals surface area (Å²) < 4.78 is 0. The Bertz CT molecular complexity index is 520. The lowest BCUT2D eigenvalue weighted by atomic mass is 9.86. The van der Waals surface area contributed by atoms with E-state index in [0.29, 0.717) is 12.8 Å². The number of nitrogens with one attached hydrogen (secondary N) is 2. The van der Waals surface area contributed by atoms with E-state index in [2.05, 4.69) is 15.5 Å². The Labute approximate surface area is 109 Å². The minimum Gasteiger partial charge on any atom is -0.481 e. The van der Waals surface area contributed by atoms with Gasteiger partial charge in [-0.2, -0.15) is 5.10 Å². The number of carbonyl (C=O) groups excluding carboxylic acids is 1. The van der Waals surface area contributed by atoms with Crippen molar-refractivity contribution >= 4 is 11.9 Å². The van der Waals surface area contributed by atoms with Crippen molar-refractivity contribution in [1.82, 2.24) is 15.5 Å². The van der Waals surface area contributed by atoms with Gasteiger partial charge in [0.15, 0.2) is 0 Å². The number of aromatic nitrogens is 2. The maximum atomic E-state index is 11.9. The first-order chi connectivity index (χ1) is 9.06. The summed E-state index contributed by atoms with van der Waals surface area (Å²) in [6, 6.07) is 2.41. The highest BCUT2D eigenvalue weighted by atomic mass is 16.4. The Hall–Kier alpha value is -2.18. The van der Waals surface area contributed by atoms with Gasteiger partial charge in [-0.05, 0) is 25.3 Å². The second kappa shape index (κ2) is 5.64. The zero-order chi connectivity index (χ0) is 13.8. The van der Waals surface area contributed by atoms with E-state index in [-0.39, 0.29) is 17.3 Å². The van der Waals surface area contributed by atoms with E-state index < -0.39 is 17.8 Å². The largest absolute Gasteiger partial charge is 0.481 e. The number of nitrogens with zero attached hydrogens (tertiary/aromatic N) is 1. The van der Waals surface area contributed by atoms with Crippen LogP contribution in [0.1, 0.15) is 36.2 Å². The van der Waals surface area contributed by atoms with Crippen LogP contribution in [0.15, 0.2) is 16.9 Å². The maximum absolute atomic E-state index is 11.9. The fourth-order valence-electron chi connectivity index (χ4n) is 2.28. The molecule has 1 aromatic rings. The minimum atomic E-state index is -0.818. The topological polar surface area (TPSA) is 112 Å².